The van der Waals surface area contributed by atoms with Crippen LogP contribution >= 0.6 is 0 Å². The number of esters is 1. The van der Waals surface area contributed by atoms with E-state index in [1.165, 1.54) is 7.11 Å². The molecule has 7 heteroatoms. The third-order valence-electron chi connectivity index (χ3n) is 5.32. The molecule has 0 amide bonds. The third kappa shape index (κ3) is 3.45. The van der Waals surface area contributed by atoms with E-state index < -0.39 is 29.5 Å². The van der Waals surface area contributed by atoms with Gasteiger partial charge in [0.1, 0.15) is 17.3 Å². The van der Waals surface area contributed by atoms with E-state index in [2.05, 4.69) is 5.32 Å². The zero-order valence-corrected chi connectivity index (χ0v) is 16.1. The monoisotopic (exact) mass is 384 g/mol. The Morgan fingerprint density at radius 3 is 2.32 bits per heavy atom. The molecule has 1 N–H and O–H groups in total. The molecular weight excluding hydrogens is 360 g/mol. The van der Waals surface area contributed by atoms with Crippen LogP contribution in [0.25, 0.3) is 0 Å². The lowest BCUT2D eigenvalue weighted by Crippen LogP contribution is -2.50. The van der Waals surface area contributed by atoms with Gasteiger partial charge in [0.25, 0.3) is 0 Å². The highest BCUT2D eigenvalue weighted by Gasteiger charge is 2.62. The highest BCUT2D eigenvalue weighted by atomic mass is 16.6. The van der Waals surface area contributed by atoms with E-state index in [1.807, 2.05) is 37.3 Å². The molecule has 0 bridgehead atoms. The SMILES string of the molecule is CCOc1ccc([C@@H]2[C@@H]([N+](=O)[O-])[C@@H](c3ccccc3)N[C@@]2(C)C(=O)OC)cc1. The molecule has 1 saturated heterocycles. The predicted molar refractivity (Wildman–Crippen MR) is 104 cm³/mol. The molecular formula is C21H24N2O5. The minimum atomic E-state index is -1.25. The topological polar surface area (TPSA) is 90.7 Å². The molecule has 4 atom stereocenters. The zero-order chi connectivity index (χ0) is 20.3. The predicted octanol–water partition coefficient (Wildman–Crippen LogP) is 3.09. The van der Waals surface area contributed by atoms with Crippen LogP contribution in [0.1, 0.15) is 36.9 Å². The highest BCUT2D eigenvalue weighted by Crippen LogP contribution is 2.46. The van der Waals surface area contributed by atoms with Crippen molar-refractivity contribution in [3.05, 3.63) is 75.8 Å². The van der Waals surface area contributed by atoms with Gasteiger partial charge in [0.05, 0.1) is 19.6 Å². The fourth-order valence-electron chi connectivity index (χ4n) is 4.08. The zero-order valence-electron chi connectivity index (χ0n) is 16.1. The molecule has 2 aromatic carbocycles. The Bertz CT molecular complexity index is 840. The van der Waals surface area contributed by atoms with Gasteiger partial charge in [0.15, 0.2) is 0 Å². The average Bonchev–Trinajstić information content (AvgIpc) is 3.03. The van der Waals surface area contributed by atoms with Crippen molar-refractivity contribution in [2.75, 3.05) is 13.7 Å². The summed E-state index contributed by atoms with van der Waals surface area (Å²) in [6.45, 7) is 4.08. The van der Waals surface area contributed by atoms with Crippen LogP contribution in [-0.4, -0.2) is 36.2 Å². The maximum atomic E-state index is 12.7. The number of benzene rings is 2. The van der Waals surface area contributed by atoms with E-state index in [0.29, 0.717) is 17.9 Å². The number of nitrogens with one attached hydrogen (secondary N) is 1. The molecule has 28 heavy (non-hydrogen) atoms. The first-order valence-corrected chi connectivity index (χ1v) is 9.19. The maximum Gasteiger partial charge on any atom is 0.326 e. The van der Waals surface area contributed by atoms with Crippen molar-refractivity contribution in [2.24, 2.45) is 0 Å². The molecule has 0 spiro atoms. The molecule has 0 unspecified atom stereocenters. The molecule has 1 heterocycles. The smallest absolute Gasteiger partial charge is 0.326 e. The van der Waals surface area contributed by atoms with Gasteiger partial charge in [0, 0.05) is 4.92 Å². The van der Waals surface area contributed by atoms with E-state index in [4.69, 9.17) is 9.47 Å². The molecule has 0 radical (unpaired) electrons. The normalized spacial score (nSPS) is 26.6. The first-order valence-electron chi connectivity index (χ1n) is 9.19. The summed E-state index contributed by atoms with van der Waals surface area (Å²) >= 11 is 0. The number of carbonyl (C=O) groups excluding carboxylic acids is 1. The fraction of sp³-hybridized carbons (Fsp3) is 0.381. The van der Waals surface area contributed by atoms with Gasteiger partial charge in [-0.05, 0) is 37.1 Å². The van der Waals surface area contributed by atoms with Crippen molar-refractivity contribution < 1.29 is 19.2 Å². The number of hydrogen-bond acceptors (Lipinski definition) is 6. The van der Waals surface area contributed by atoms with E-state index in [9.17, 15) is 14.9 Å². The van der Waals surface area contributed by atoms with Crippen LogP contribution < -0.4 is 10.1 Å². The molecule has 1 aliphatic rings. The Hall–Kier alpha value is -2.93. The minimum absolute atomic E-state index is 0.306. The molecule has 0 saturated carbocycles. The van der Waals surface area contributed by atoms with Crippen LogP contribution in [0.5, 0.6) is 5.75 Å². The molecule has 0 aromatic heterocycles. The van der Waals surface area contributed by atoms with Gasteiger partial charge < -0.3 is 9.47 Å². The van der Waals surface area contributed by atoms with Crippen LogP contribution in [0.15, 0.2) is 54.6 Å². The number of nitro groups is 1. The number of ether oxygens (including phenoxy) is 2. The second kappa shape index (κ2) is 7.98. The lowest BCUT2D eigenvalue weighted by molar-refractivity contribution is -0.527. The summed E-state index contributed by atoms with van der Waals surface area (Å²) in [5.41, 5.74) is 0.192. The van der Waals surface area contributed by atoms with Crippen LogP contribution in [0, 0.1) is 10.1 Å². The van der Waals surface area contributed by atoms with Gasteiger partial charge in [-0.3, -0.25) is 20.2 Å². The summed E-state index contributed by atoms with van der Waals surface area (Å²) in [4.78, 5) is 24.5. The second-order valence-corrected chi connectivity index (χ2v) is 6.98. The van der Waals surface area contributed by atoms with Gasteiger partial charge in [0.2, 0.25) is 6.04 Å². The Morgan fingerprint density at radius 1 is 1.14 bits per heavy atom. The summed E-state index contributed by atoms with van der Waals surface area (Å²) < 4.78 is 10.5. The lowest BCUT2D eigenvalue weighted by atomic mass is 9.78. The van der Waals surface area contributed by atoms with Crippen molar-refractivity contribution in [3.63, 3.8) is 0 Å². The third-order valence-corrected chi connectivity index (χ3v) is 5.32. The number of carbonyl (C=O) groups is 1. The summed E-state index contributed by atoms with van der Waals surface area (Å²) in [6.07, 6.45) is 0. The number of methoxy groups -OCH3 is 1. The van der Waals surface area contributed by atoms with E-state index in [1.54, 1.807) is 31.2 Å². The summed E-state index contributed by atoms with van der Waals surface area (Å²) in [5, 5.41) is 15.3. The minimum Gasteiger partial charge on any atom is -0.494 e. The summed E-state index contributed by atoms with van der Waals surface area (Å²) in [5.74, 6) is -0.568. The Balaban J connectivity index is 2.10. The molecule has 148 valence electrons. The van der Waals surface area contributed by atoms with Crippen molar-refractivity contribution >= 4 is 5.97 Å². The summed E-state index contributed by atoms with van der Waals surface area (Å²) in [6, 6.07) is 14.6. The van der Waals surface area contributed by atoms with Gasteiger partial charge >= 0.3 is 5.97 Å². The van der Waals surface area contributed by atoms with Crippen molar-refractivity contribution in [3.8, 4) is 5.75 Å². The lowest BCUT2D eigenvalue weighted by Gasteiger charge is -2.28. The van der Waals surface area contributed by atoms with Crippen LogP contribution in [0.3, 0.4) is 0 Å². The van der Waals surface area contributed by atoms with Gasteiger partial charge in [-0.2, -0.15) is 0 Å². The molecule has 2 aromatic rings. The first kappa shape index (κ1) is 19.8. The van der Waals surface area contributed by atoms with Crippen molar-refractivity contribution in [2.45, 2.75) is 37.4 Å². The Morgan fingerprint density at radius 2 is 1.79 bits per heavy atom. The van der Waals surface area contributed by atoms with Crippen molar-refractivity contribution in [1.29, 1.82) is 0 Å². The van der Waals surface area contributed by atoms with E-state index in [0.717, 1.165) is 5.56 Å². The number of hydrogen-bond donors (Lipinski definition) is 1. The second-order valence-electron chi connectivity index (χ2n) is 6.98. The van der Waals surface area contributed by atoms with E-state index in [-0.39, 0.29) is 4.92 Å². The van der Waals surface area contributed by atoms with Crippen LogP contribution in [-0.2, 0) is 9.53 Å². The summed E-state index contributed by atoms with van der Waals surface area (Å²) in [7, 11) is 1.29. The first-order chi connectivity index (χ1) is 13.4. The largest absolute Gasteiger partial charge is 0.494 e. The van der Waals surface area contributed by atoms with Crippen LogP contribution in [0.4, 0.5) is 0 Å². The molecule has 0 aliphatic carbocycles. The van der Waals surface area contributed by atoms with Gasteiger partial charge in [-0.25, -0.2) is 0 Å². The van der Waals surface area contributed by atoms with Gasteiger partial charge in [-0.15, -0.1) is 0 Å². The quantitative estimate of drug-likeness (QED) is 0.468. The highest BCUT2D eigenvalue weighted by molar-refractivity contribution is 5.83. The molecule has 7 nitrogen and oxygen atoms in total. The molecule has 3 rings (SSSR count). The standard InChI is InChI=1S/C21H24N2O5/c1-4-28-16-12-10-14(11-13-16)17-19(23(25)26)18(15-8-6-5-7-9-15)22-21(17,2)20(24)27-3/h5-13,17-19,22H,4H2,1-3H3/t17-,18-,19-,21-/m1/s1. The average molecular weight is 384 g/mol. The number of nitrogens with zero attached hydrogens (tertiary/aromatic N) is 1. The molecule has 1 aliphatic heterocycles. The maximum absolute atomic E-state index is 12.7. The van der Waals surface area contributed by atoms with E-state index >= 15 is 0 Å². The van der Waals surface area contributed by atoms with Crippen LogP contribution in [0.2, 0.25) is 0 Å². The molecule has 1 fully saturated rings. The Kier molecular flexibility index (Phi) is 5.65. The Labute approximate surface area is 163 Å². The number of rotatable bonds is 6. The van der Waals surface area contributed by atoms with Gasteiger partial charge in [-0.1, -0.05) is 42.5 Å². The fourth-order valence-corrected chi connectivity index (χ4v) is 4.08. The van der Waals surface area contributed by atoms with Crippen molar-refractivity contribution in [1.82, 2.24) is 5.32 Å².